The van der Waals surface area contributed by atoms with E-state index in [1.807, 2.05) is 17.8 Å². The summed E-state index contributed by atoms with van der Waals surface area (Å²) in [6.45, 7) is 0.847. The summed E-state index contributed by atoms with van der Waals surface area (Å²) in [6, 6.07) is 11.2. The summed E-state index contributed by atoms with van der Waals surface area (Å²) in [5.41, 5.74) is 4.05. The number of aromatic nitrogens is 2. The van der Waals surface area contributed by atoms with E-state index < -0.39 is 0 Å². The highest BCUT2D eigenvalue weighted by molar-refractivity contribution is 7.98. The van der Waals surface area contributed by atoms with Gasteiger partial charge in [-0.25, -0.2) is 0 Å². The molecular formula is C13H15N3S. The number of hydrogen-bond acceptors (Lipinski definition) is 3. The Kier molecular flexibility index (Phi) is 3.16. The second kappa shape index (κ2) is 4.94. The van der Waals surface area contributed by atoms with E-state index in [0.29, 0.717) is 6.04 Å². The highest BCUT2D eigenvalue weighted by Gasteiger charge is 2.19. The van der Waals surface area contributed by atoms with Crippen LogP contribution < -0.4 is 5.32 Å². The summed E-state index contributed by atoms with van der Waals surface area (Å²) in [5.74, 6) is 2.28. The third-order valence-corrected chi connectivity index (χ3v) is 4.15. The fourth-order valence-electron chi connectivity index (χ4n) is 2.17. The number of fused-ring (bicyclic) bond motifs is 1. The van der Waals surface area contributed by atoms with E-state index >= 15 is 0 Å². The predicted octanol–water partition coefficient (Wildman–Crippen LogP) is 2.49. The van der Waals surface area contributed by atoms with Crippen molar-refractivity contribution in [2.45, 2.75) is 18.3 Å². The van der Waals surface area contributed by atoms with Crippen LogP contribution >= 0.6 is 11.8 Å². The zero-order chi connectivity index (χ0) is 11.5. The van der Waals surface area contributed by atoms with Gasteiger partial charge >= 0.3 is 0 Å². The molecule has 0 saturated carbocycles. The van der Waals surface area contributed by atoms with Crippen LogP contribution in [-0.4, -0.2) is 16.0 Å². The van der Waals surface area contributed by atoms with Crippen molar-refractivity contribution in [2.24, 2.45) is 0 Å². The molecule has 2 N–H and O–H groups in total. The van der Waals surface area contributed by atoms with Crippen molar-refractivity contribution in [2.75, 3.05) is 5.75 Å². The van der Waals surface area contributed by atoms with Crippen LogP contribution in [0, 0.1) is 0 Å². The molecule has 88 valence electrons. The number of nitrogens with one attached hydrogen (secondary N) is 2. The lowest BCUT2D eigenvalue weighted by Gasteiger charge is -2.25. The lowest BCUT2D eigenvalue weighted by Crippen LogP contribution is -2.26. The van der Waals surface area contributed by atoms with Gasteiger partial charge in [-0.2, -0.15) is 16.9 Å². The average molecular weight is 245 g/mol. The first-order valence-electron chi connectivity index (χ1n) is 5.80. The van der Waals surface area contributed by atoms with Gasteiger partial charge in [0.15, 0.2) is 0 Å². The first kappa shape index (κ1) is 10.9. The summed E-state index contributed by atoms with van der Waals surface area (Å²) in [7, 11) is 0. The molecule has 0 bridgehead atoms. The SMILES string of the molecule is c1ccc2c(c1)CSCC2NCc1ccn[nH]1. The smallest absolute Gasteiger partial charge is 0.0490 e. The molecule has 17 heavy (non-hydrogen) atoms. The lowest BCUT2D eigenvalue weighted by atomic mass is 10.0. The third kappa shape index (κ3) is 2.37. The van der Waals surface area contributed by atoms with Crippen LogP contribution in [-0.2, 0) is 12.3 Å². The van der Waals surface area contributed by atoms with Gasteiger partial charge in [0.25, 0.3) is 0 Å². The molecule has 0 spiro atoms. The largest absolute Gasteiger partial charge is 0.304 e. The van der Waals surface area contributed by atoms with Gasteiger partial charge in [-0.3, -0.25) is 5.10 Å². The Morgan fingerprint density at radius 3 is 3.18 bits per heavy atom. The minimum absolute atomic E-state index is 0.452. The standard InChI is InChI=1S/C13H15N3S/c1-2-4-12-10(3-1)8-17-9-13(12)14-7-11-5-6-15-16-11/h1-6,13-14H,7-9H2,(H,15,16). The van der Waals surface area contributed by atoms with Gasteiger partial charge < -0.3 is 5.32 Å². The van der Waals surface area contributed by atoms with Crippen molar-refractivity contribution in [3.8, 4) is 0 Å². The Hall–Kier alpha value is -1.26. The molecule has 0 aliphatic carbocycles. The Morgan fingerprint density at radius 1 is 1.35 bits per heavy atom. The van der Waals surface area contributed by atoms with E-state index in [1.165, 1.54) is 11.1 Å². The van der Waals surface area contributed by atoms with Crippen LogP contribution in [0.15, 0.2) is 36.5 Å². The summed E-state index contributed by atoms with van der Waals surface area (Å²) in [5, 5.41) is 10.5. The summed E-state index contributed by atoms with van der Waals surface area (Å²) in [6.07, 6.45) is 1.79. The van der Waals surface area contributed by atoms with Crippen LogP contribution in [0.5, 0.6) is 0 Å². The molecule has 0 saturated heterocycles. The summed E-state index contributed by atoms with van der Waals surface area (Å²) < 4.78 is 0. The molecule has 3 nitrogen and oxygen atoms in total. The first-order valence-corrected chi connectivity index (χ1v) is 6.96. The van der Waals surface area contributed by atoms with Gasteiger partial charge in [-0.05, 0) is 17.2 Å². The van der Waals surface area contributed by atoms with Crippen molar-refractivity contribution in [3.63, 3.8) is 0 Å². The Balaban J connectivity index is 1.72. The average Bonchev–Trinajstić information content (AvgIpc) is 2.89. The second-order valence-corrected chi connectivity index (χ2v) is 5.26. The molecule has 4 heteroatoms. The van der Waals surface area contributed by atoms with E-state index in [9.17, 15) is 0 Å². The van der Waals surface area contributed by atoms with E-state index in [0.717, 1.165) is 23.7 Å². The number of aromatic amines is 1. The molecule has 1 aliphatic rings. The van der Waals surface area contributed by atoms with Crippen LogP contribution in [0.25, 0.3) is 0 Å². The maximum Gasteiger partial charge on any atom is 0.0490 e. The fourth-order valence-corrected chi connectivity index (χ4v) is 3.30. The molecule has 2 aromatic rings. The van der Waals surface area contributed by atoms with Crippen LogP contribution in [0.2, 0.25) is 0 Å². The summed E-state index contributed by atoms with van der Waals surface area (Å²) in [4.78, 5) is 0. The van der Waals surface area contributed by atoms with Crippen LogP contribution in [0.4, 0.5) is 0 Å². The van der Waals surface area contributed by atoms with Crippen molar-refractivity contribution in [1.29, 1.82) is 0 Å². The van der Waals surface area contributed by atoms with E-state index in [4.69, 9.17) is 0 Å². The van der Waals surface area contributed by atoms with Gasteiger partial charge in [0.1, 0.15) is 0 Å². The highest BCUT2D eigenvalue weighted by Crippen LogP contribution is 2.31. The molecule has 1 aromatic carbocycles. The maximum absolute atomic E-state index is 3.96. The van der Waals surface area contributed by atoms with Gasteiger partial charge in [-0.1, -0.05) is 24.3 Å². The Bertz CT molecular complexity index is 481. The van der Waals surface area contributed by atoms with Crippen molar-refractivity contribution >= 4 is 11.8 Å². The second-order valence-electron chi connectivity index (χ2n) is 4.23. The van der Waals surface area contributed by atoms with Gasteiger partial charge in [-0.15, -0.1) is 0 Å². The molecule has 1 aliphatic heterocycles. The lowest BCUT2D eigenvalue weighted by molar-refractivity contribution is 0.567. The number of nitrogens with zero attached hydrogens (tertiary/aromatic N) is 1. The minimum atomic E-state index is 0.452. The Morgan fingerprint density at radius 2 is 2.29 bits per heavy atom. The normalized spacial score (nSPS) is 18.9. The van der Waals surface area contributed by atoms with Crippen molar-refractivity contribution < 1.29 is 0 Å². The predicted molar refractivity (Wildman–Crippen MR) is 70.8 cm³/mol. The van der Waals surface area contributed by atoms with E-state index in [-0.39, 0.29) is 0 Å². The van der Waals surface area contributed by atoms with E-state index in [2.05, 4.69) is 39.8 Å². The number of hydrogen-bond donors (Lipinski definition) is 2. The molecule has 0 fully saturated rings. The zero-order valence-corrected chi connectivity index (χ0v) is 10.3. The molecule has 1 atom stereocenters. The summed E-state index contributed by atoms with van der Waals surface area (Å²) >= 11 is 1.99. The molecule has 3 rings (SSSR count). The van der Waals surface area contributed by atoms with Crippen LogP contribution in [0.3, 0.4) is 0 Å². The number of benzene rings is 1. The highest BCUT2D eigenvalue weighted by atomic mass is 32.2. The third-order valence-electron chi connectivity index (χ3n) is 3.07. The molecule has 1 unspecified atom stereocenters. The molecule has 1 aromatic heterocycles. The zero-order valence-electron chi connectivity index (χ0n) is 9.52. The van der Waals surface area contributed by atoms with Gasteiger partial charge in [0.2, 0.25) is 0 Å². The molecule has 0 radical (unpaired) electrons. The molecule has 2 heterocycles. The number of thioether (sulfide) groups is 1. The van der Waals surface area contributed by atoms with Crippen molar-refractivity contribution in [3.05, 3.63) is 53.3 Å². The van der Waals surface area contributed by atoms with Crippen molar-refractivity contribution in [1.82, 2.24) is 15.5 Å². The number of rotatable bonds is 3. The number of H-pyrrole nitrogens is 1. The monoisotopic (exact) mass is 245 g/mol. The van der Waals surface area contributed by atoms with E-state index in [1.54, 1.807) is 6.20 Å². The molecular weight excluding hydrogens is 230 g/mol. The van der Waals surface area contributed by atoms with Gasteiger partial charge in [0.05, 0.1) is 0 Å². The van der Waals surface area contributed by atoms with Gasteiger partial charge in [0, 0.05) is 36.0 Å². The first-order chi connectivity index (χ1) is 8.43. The minimum Gasteiger partial charge on any atom is -0.304 e. The maximum atomic E-state index is 3.96. The van der Waals surface area contributed by atoms with Crippen LogP contribution in [0.1, 0.15) is 22.9 Å². The Labute approximate surface area is 105 Å². The quantitative estimate of drug-likeness (QED) is 0.873. The topological polar surface area (TPSA) is 40.7 Å². The molecule has 0 amide bonds. The fraction of sp³-hybridized carbons (Fsp3) is 0.308.